The first-order valence-corrected chi connectivity index (χ1v) is 6.56. The molecule has 1 atom stereocenters. The van der Waals surface area contributed by atoms with E-state index >= 15 is 0 Å². The Bertz CT molecular complexity index is 257. The molecule has 1 heterocycles. The summed E-state index contributed by atoms with van der Waals surface area (Å²) in [5.41, 5.74) is 6.18. The van der Waals surface area contributed by atoms with Crippen LogP contribution >= 0.6 is 11.3 Å². The van der Waals surface area contributed by atoms with E-state index in [-0.39, 0.29) is 6.04 Å². The highest BCUT2D eigenvalue weighted by Crippen LogP contribution is 2.18. The molecule has 0 spiro atoms. The maximum atomic E-state index is 6.18. The second-order valence-corrected chi connectivity index (χ2v) is 5.19. The van der Waals surface area contributed by atoms with Crippen LogP contribution in [0.2, 0.25) is 0 Å². The van der Waals surface area contributed by atoms with Gasteiger partial charge in [0.25, 0.3) is 0 Å². The van der Waals surface area contributed by atoms with E-state index in [0.29, 0.717) is 6.04 Å². The molecule has 0 aliphatic rings. The Morgan fingerprint density at radius 1 is 1.47 bits per heavy atom. The highest BCUT2D eigenvalue weighted by atomic mass is 32.1. The molecule has 15 heavy (non-hydrogen) atoms. The highest BCUT2D eigenvalue weighted by Gasteiger charge is 2.14. The first-order chi connectivity index (χ1) is 7.15. The number of nitrogens with zero attached hydrogens (tertiary/aromatic N) is 1. The van der Waals surface area contributed by atoms with Crippen LogP contribution in [0.15, 0.2) is 17.5 Å². The van der Waals surface area contributed by atoms with Gasteiger partial charge in [-0.2, -0.15) is 0 Å². The molecule has 0 saturated heterocycles. The van der Waals surface area contributed by atoms with Gasteiger partial charge in [0.15, 0.2) is 0 Å². The highest BCUT2D eigenvalue weighted by molar-refractivity contribution is 7.10. The Hall–Kier alpha value is -0.380. The monoisotopic (exact) mass is 226 g/mol. The number of hydrogen-bond acceptors (Lipinski definition) is 3. The van der Waals surface area contributed by atoms with Crippen molar-refractivity contribution in [3.63, 3.8) is 0 Å². The third-order valence-corrected chi connectivity index (χ3v) is 3.59. The third kappa shape index (κ3) is 3.93. The van der Waals surface area contributed by atoms with Gasteiger partial charge in [0, 0.05) is 17.5 Å². The van der Waals surface area contributed by atoms with Crippen molar-refractivity contribution < 1.29 is 0 Å². The van der Waals surface area contributed by atoms with E-state index in [0.717, 1.165) is 13.1 Å². The lowest BCUT2D eigenvalue weighted by atomic mass is 10.2. The molecule has 0 aliphatic heterocycles. The molecule has 1 unspecified atom stereocenters. The van der Waals surface area contributed by atoms with Gasteiger partial charge < -0.3 is 5.73 Å². The van der Waals surface area contributed by atoms with Crippen LogP contribution in [0.3, 0.4) is 0 Å². The molecule has 1 aromatic heterocycles. The van der Waals surface area contributed by atoms with Gasteiger partial charge in [-0.15, -0.1) is 11.3 Å². The Morgan fingerprint density at radius 3 is 2.67 bits per heavy atom. The van der Waals surface area contributed by atoms with Crippen molar-refractivity contribution in [1.29, 1.82) is 0 Å². The number of rotatable bonds is 6. The van der Waals surface area contributed by atoms with Gasteiger partial charge in [-0.05, 0) is 38.3 Å². The van der Waals surface area contributed by atoms with Crippen LogP contribution in [0.5, 0.6) is 0 Å². The van der Waals surface area contributed by atoms with E-state index in [1.54, 1.807) is 11.3 Å². The van der Waals surface area contributed by atoms with E-state index in [2.05, 4.69) is 43.2 Å². The topological polar surface area (TPSA) is 29.3 Å². The van der Waals surface area contributed by atoms with Crippen molar-refractivity contribution in [2.75, 3.05) is 13.1 Å². The fourth-order valence-corrected chi connectivity index (χ4v) is 2.41. The zero-order valence-electron chi connectivity index (χ0n) is 9.94. The molecule has 1 rings (SSSR count). The summed E-state index contributed by atoms with van der Waals surface area (Å²) in [5.74, 6) is 0. The van der Waals surface area contributed by atoms with Gasteiger partial charge in [-0.3, -0.25) is 4.90 Å². The molecule has 0 bridgehead atoms. The van der Waals surface area contributed by atoms with Gasteiger partial charge in [0.05, 0.1) is 6.04 Å². The predicted octanol–water partition coefficient (Wildman–Crippen LogP) is 2.87. The summed E-state index contributed by atoms with van der Waals surface area (Å²) < 4.78 is 0. The molecule has 2 N–H and O–H groups in total. The van der Waals surface area contributed by atoms with Crippen molar-refractivity contribution in [2.24, 2.45) is 5.73 Å². The smallest absolute Gasteiger partial charge is 0.0519 e. The van der Waals surface area contributed by atoms with E-state index in [1.807, 2.05) is 0 Å². The Labute approximate surface area is 97.1 Å². The van der Waals surface area contributed by atoms with E-state index in [4.69, 9.17) is 5.73 Å². The van der Waals surface area contributed by atoms with Crippen LogP contribution in [-0.2, 0) is 0 Å². The van der Waals surface area contributed by atoms with Crippen LogP contribution < -0.4 is 5.73 Å². The average molecular weight is 226 g/mol. The van der Waals surface area contributed by atoms with Crippen LogP contribution in [0.25, 0.3) is 0 Å². The van der Waals surface area contributed by atoms with Crippen LogP contribution in [0.4, 0.5) is 0 Å². The van der Waals surface area contributed by atoms with Gasteiger partial charge in [0.2, 0.25) is 0 Å². The Balaban J connectivity index is 2.50. The maximum Gasteiger partial charge on any atom is 0.0519 e. The lowest BCUT2D eigenvalue weighted by Crippen LogP contribution is -2.37. The average Bonchev–Trinajstić information content (AvgIpc) is 2.69. The summed E-state index contributed by atoms with van der Waals surface area (Å²) >= 11 is 1.75. The molecule has 0 saturated carbocycles. The summed E-state index contributed by atoms with van der Waals surface area (Å²) in [7, 11) is 0. The van der Waals surface area contributed by atoms with Crippen molar-refractivity contribution in [1.82, 2.24) is 4.90 Å². The van der Waals surface area contributed by atoms with Gasteiger partial charge in [-0.25, -0.2) is 0 Å². The van der Waals surface area contributed by atoms with Gasteiger partial charge in [-0.1, -0.05) is 13.0 Å². The van der Waals surface area contributed by atoms with Gasteiger partial charge >= 0.3 is 0 Å². The molecule has 0 fully saturated rings. The summed E-state index contributed by atoms with van der Waals surface area (Å²) in [6.45, 7) is 8.78. The van der Waals surface area contributed by atoms with Crippen molar-refractivity contribution in [2.45, 2.75) is 39.3 Å². The lowest BCUT2D eigenvalue weighted by Gasteiger charge is -2.28. The summed E-state index contributed by atoms with van der Waals surface area (Å²) in [4.78, 5) is 3.74. The third-order valence-electron chi connectivity index (χ3n) is 2.58. The Kier molecular flexibility index (Phi) is 5.29. The minimum Gasteiger partial charge on any atom is -0.322 e. The van der Waals surface area contributed by atoms with Crippen molar-refractivity contribution in [3.8, 4) is 0 Å². The second kappa shape index (κ2) is 6.26. The minimum absolute atomic E-state index is 0.166. The molecule has 2 nitrogen and oxygen atoms in total. The minimum atomic E-state index is 0.166. The molecular weight excluding hydrogens is 204 g/mol. The standard InChI is InChI=1S/C12H22N2S/c1-4-7-14(10(2)3)9-11(13)12-6-5-8-15-12/h5-6,8,10-11H,4,7,9,13H2,1-3H3. The summed E-state index contributed by atoms with van der Waals surface area (Å²) in [6.07, 6.45) is 1.19. The van der Waals surface area contributed by atoms with Crippen LogP contribution in [0.1, 0.15) is 38.1 Å². The first kappa shape index (κ1) is 12.7. The van der Waals surface area contributed by atoms with E-state index in [1.165, 1.54) is 11.3 Å². The normalized spacial score (nSPS) is 13.7. The zero-order chi connectivity index (χ0) is 11.3. The summed E-state index contributed by atoms with van der Waals surface area (Å²) in [5, 5.41) is 2.09. The molecule has 0 aromatic carbocycles. The molecular formula is C12H22N2S. The van der Waals surface area contributed by atoms with E-state index < -0.39 is 0 Å². The molecule has 3 heteroatoms. The molecule has 0 radical (unpaired) electrons. The predicted molar refractivity (Wildman–Crippen MR) is 68.2 cm³/mol. The van der Waals surface area contributed by atoms with E-state index in [9.17, 15) is 0 Å². The number of thiophene rings is 1. The second-order valence-electron chi connectivity index (χ2n) is 4.21. The van der Waals surface area contributed by atoms with Crippen molar-refractivity contribution >= 4 is 11.3 Å². The quantitative estimate of drug-likeness (QED) is 0.808. The van der Waals surface area contributed by atoms with Crippen LogP contribution in [0, 0.1) is 0 Å². The fourth-order valence-electron chi connectivity index (χ4n) is 1.69. The SMILES string of the molecule is CCCN(CC(N)c1cccs1)C(C)C. The lowest BCUT2D eigenvalue weighted by molar-refractivity contribution is 0.210. The zero-order valence-corrected chi connectivity index (χ0v) is 10.8. The van der Waals surface area contributed by atoms with Crippen molar-refractivity contribution in [3.05, 3.63) is 22.4 Å². The molecule has 86 valence electrons. The van der Waals surface area contributed by atoms with Gasteiger partial charge in [0.1, 0.15) is 0 Å². The largest absolute Gasteiger partial charge is 0.322 e. The summed E-state index contributed by atoms with van der Waals surface area (Å²) in [6, 6.07) is 4.94. The first-order valence-electron chi connectivity index (χ1n) is 5.68. The molecule has 0 amide bonds. The number of hydrogen-bond donors (Lipinski definition) is 1. The number of nitrogens with two attached hydrogens (primary N) is 1. The molecule has 0 aliphatic carbocycles. The molecule has 1 aromatic rings. The fraction of sp³-hybridized carbons (Fsp3) is 0.667. The maximum absolute atomic E-state index is 6.18. The van der Waals surface area contributed by atoms with Crippen LogP contribution in [-0.4, -0.2) is 24.0 Å². The Morgan fingerprint density at radius 2 is 2.20 bits per heavy atom.